The molecule has 0 unspecified atom stereocenters. The Balaban J connectivity index is 1.35. The number of hydrogen-bond donors (Lipinski definition) is 1. The summed E-state index contributed by atoms with van der Waals surface area (Å²) in [6.07, 6.45) is 9.08. The average molecular weight is 656 g/mol. The number of carbonyl (C=O) groups excluding carboxylic acids is 4. The summed E-state index contributed by atoms with van der Waals surface area (Å²) in [7, 11) is 0. The van der Waals surface area contributed by atoms with E-state index in [1.54, 1.807) is 17.0 Å². The maximum atomic E-state index is 15.2. The Morgan fingerprint density at radius 1 is 0.857 bits per heavy atom. The molecule has 7 nitrogen and oxygen atoms in total. The highest BCUT2D eigenvalue weighted by molar-refractivity contribution is 6.31. The molecule has 1 N–H and O–H groups in total. The van der Waals surface area contributed by atoms with Crippen molar-refractivity contribution in [3.05, 3.63) is 113 Å². The van der Waals surface area contributed by atoms with Gasteiger partial charge < -0.3 is 9.84 Å². The molecule has 3 fully saturated rings. The zero-order chi connectivity index (χ0) is 33.9. The van der Waals surface area contributed by atoms with Crippen LogP contribution in [0.25, 0.3) is 5.57 Å². The number of nitrogens with zero attached hydrogens (tertiary/aromatic N) is 1. The van der Waals surface area contributed by atoms with E-state index >= 15 is 9.59 Å². The molecule has 49 heavy (non-hydrogen) atoms. The highest BCUT2D eigenvalue weighted by atomic mass is 16.5. The smallest absolute Gasteiger partial charge is 0.233 e. The van der Waals surface area contributed by atoms with Crippen LogP contribution in [0.4, 0.5) is 0 Å². The summed E-state index contributed by atoms with van der Waals surface area (Å²) in [6, 6.07) is 23.9. The lowest BCUT2D eigenvalue weighted by molar-refractivity contribution is -0.144. The Kier molecular flexibility index (Phi) is 7.89. The van der Waals surface area contributed by atoms with Crippen LogP contribution in [0.3, 0.4) is 0 Å². The minimum absolute atomic E-state index is 0.0158. The molecule has 8 rings (SSSR count). The number of amides is 2. The number of benzene rings is 3. The second kappa shape index (κ2) is 12.3. The number of phenolic OH excluding ortho intramolecular Hbond substituents is 1. The summed E-state index contributed by atoms with van der Waals surface area (Å²) in [5, 5.41) is 10.7. The van der Waals surface area contributed by atoms with Crippen LogP contribution in [0.1, 0.15) is 74.5 Å². The summed E-state index contributed by atoms with van der Waals surface area (Å²) in [4.78, 5) is 60.4. The summed E-state index contributed by atoms with van der Waals surface area (Å²) in [6.45, 7) is 2.17. The zero-order valence-corrected chi connectivity index (χ0v) is 27.7. The van der Waals surface area contributed by atoms with E-state index in [2.05, 4.69) is 6.08 Å². The molecule has 1 saturated heterocycles. The minimum Gasteiger partial charge on any atom is -0.504 e. The summed E-state index contributed by atoms with van der Waals surface area (Å²) in [5.41, 5.74) is 2.11. The maximum Gasteiger partial charge on any atom is 0.233 e. The molecule has 2 saturated carbocycles. The van der Waals surface area contributed by atoms with Gasteiger partial charge in [-0.2, -0.15) is 0 Å². The third kappa shape index (κ3) is 4.76. The van der Waals surface area contributed by atoms with Gasteiger partial charge in [-0.05, 0) is 73.4 Å². The normalized spacial score (nSPS) is 29.9. The van der Waals surface area contributed by atoms with Crippen LogP contribution in [-0.2, 0) is 24.6 Å². The van der Waals surface area contributed by atoms with Crippen LogP contribution in [0, 0.1) is 23.7 Å². The van der Waals surface area contributed by atoms with Gasteiger partial charge in [-0.25, -0.2) is 0 Å². The number of ketones is 2. The maximum absolute atomic E-state index is 15.2. The Hall–Kier alpha value is -4.78. The number of ether oxygens (including phenoxy) is 1. The first-order valence-electron chi connectivity index (χ1n) is 17.8. The lowest BCUT2D eigenvalue weighted by Crippen LogP contribution is -2.58. The molecule has 7 heteroatoms. The third-order valence-electron chi connectivity index (χ3n) is 12.0. The number of phenols is 1. The number of aromatic hydroxyl groups is 1. The van der Waals surface area contributed by atoms with E-state index in [0.29, 0.717) is 29.9 Å². The molecule has 0 spiro atoms. The largest absolute Gasteiger partial charge is 0.504 e. The number of rotatable bonds is 6. The molecule has 5 aliphatic rings. The van der Waals surface area contributed by atoms with Gasteiger partial charge in [0, 0.05) is 23.5 Å². The molecule has 0 radical (unpaired) electrons. The van der Waals surface area contributed by atoms with Crippen molar-refractivity contribution >= 4 is 29.0 Å². The molecule has 4 aliphatic carbocycles. The van der Waals surface area contributed by atoms with Gasteiger partial charge in [0.05, 0.1) is 23.9 Å². The lowest BCUT2D eigenvalue weighted by atomic mass is 9.44. The van der Waals surface area contributed by atoms with Crippen molar-refractivity contribution in [3.63, 3.8) is 0 Å². The van der Waals surface area contributed by atoms with E-state index in [1.165, 1.54) is 6.08 Å². The van der Waals surface area contributed by atoms with Crippen LogP contribution in [0.5, 0.6) is 11.5 Å². The fourth-order valence-corrected chi connectivity index (χ4v) is 9.95. The predicted octanol–water partition coefficient (Wildman–Crippen LogP) is 6.95. The first-order valence-corrected chi connectivity index (χ1v) is 17.8. The van der Waals surface area contributed by atoms with Crippen molar-refractivity contribution in [2.24, 2.45) is 23.7 Å². The third-order valence-corrected chi connectivity index (χ3v) is 12.0. The summed E-state index contributed by atoms with van der Waals surface area (Å²) < 4.78 is 5.84. The standard InChI is InChI=1S/C42H41NO6/c1-2-49-35-22-26(18-21-34(35)44)38-29-19-20-30-37(41(48)43(40(30)47)28-16-10-5-11-17-28)32(29)23-33-39(46)31(25-12-6-3-7-13-25)24-36(45)42(33,38)27-14-8-4-9-15-27/h3-4,6-9,12-15,18-19,21-22,24,28,30,32-33,37-38,44H,2,5,10-11,16-17,20,23H2,1H3/t30-,32+,33-,37-,38-,42-/m0/s1. The van der Waals surface area contributed by atoms with Crippen molar-refractivity contribution in [1.29, 1.82) is 0 Å². The van der Waals surface area contributed by atoms with E-state index in [0.717, 1.165) is 48.8 Å². The van der Waals surface area contributed by atoms with E-state index in [9.17, 15) is 14.7 Å². The molecule has 6 atom stereocenters. The second-order valence-corrected chi connectivity index (χ2v) is 14.3. The van der Waals surface area contributed by atoms with E-state index in [4.69, 9.17) is 4.74 Å². The molecule has 3 aromatic carbocycles. The molecular formula is C42H41NO6. The van der Waals surface area contributed by atoms with Crippen molar-refractivity contribution < 1.29 is 29.0 Å². The van der Waals surface area contributed by atoms with Gasteiger partial charge in [0.2, 0.25) is 11.8 Å². The first kappa shape index (κ1) is 31.5. The molecule has 1 aliphatic heterocycles. The monoisotopic (exact) mass is 655 g/mol. The van der Waals surface area contributed by atoms with Gasteiger partial charge in [-0.15, -0.1) is 0 Å². The highest BCUT2D eigenvalue weighted by Crippen LogP contribution is 2.64. The molecule has 3 aromatic rings. The van der Waals surface area contributed by atoms with Gasteiger partial charge in [-0.3, -0.25) is 24.1 Å². The zero-order valence-electron chi connectivity index (χ0n) is 27.7. The van der Waals surface area contributed by atoms with Gasteiger partial charge >= 0.3 is 0 Å². The molecule has 0 aromatic heterocycles. The number of carbonyl (C=O) groups is 4. The Bertz CT molecular complexity index is 1890. The fourth-order valence-electron chi connectivity index (χ4n) is 9.95. The predicted molar refractivity (Wildman–Crippen MR) is 185 cm³/mol. The van der Waals surface area contributed by atoms with Gasteiger partial charge in [0.25, 0.3) is 0 Å². The average Bonchev–Trinajstić information content (AvgIpc) is 3.40. The van der Waals surface area contributed by atoms with E-state index in [1.807, 2.05) is 73.7 Å². The van der Waals surface area contributed by atoms with Crippen molar-refractivity contribution in [1.82, 2.24) is 4.90 Å². The molecule has 2 amide bonds. The Labute approximate surface area is 286 Å². The first-order chi connectivity index (χ1) is 23.9. The minimum atomic E-state index is -1.32. The Morgan fingerprint density at radius 3 is 2.29 bits per heavy atom. The molecule has 250 valence electrons. The lowest BCUT2D eigenvalue weighted by Gasteiger charge is -2.55. The van der Waals surface area contributed by atoms with Crippen molar-refractivity contribution in [2.75, 3.05) is 6.61 Å². The Morgan fingerprint density at radius 2 is 1.57 bits per heavy atom. The number of imide groups is 1. The van der Waals surface area contributed by atoms with Crippen molar-refractivity contribution in [2.45, 2.75) is 69.2 Å². The number of hydrogen-bond acceptors (Lipinski definition) is 6. The van der Waals surface area contributed by atoms with Crippen LogP contribution in [0.2, 0.25) is 0 Å². The fraction of sp³-hybridized carbons (Fsp3) is 0.381. The molecule has 1 heterocycles. The van der Waals surface area contributed by atoms with Crippen LogP contribution < -0.4 is 4.74 Å². The van der Waals surface area contributed by atoms with Crippen LogP contribution in [-0.4, -0.2) is 46.0 Å². The summed E-state index contributed by atoms with van der Waals surface area (Å²) >= 11 is 0. The number of likely N-dealkylation sites (tertiary alicyclic amines) is 1. The van der Waals surface area contributed by atoms with Gasteiger partial charge in [0.15, 0.2) is 23.1 Å². The van der Waals surface area contributed by atoms with E-state index in [-0.39, 0.29) is 41.6 Å². The number of fused-ring (bicyclic) bond motifs is 4. The quantitative estimate of drug-likeness (QED) is 0.228. The molecular weight excluding hydrogens is 614 g/mol. The van der Waals surface area contributed by atoms with Gasteiger partial charge in [-0.1, -0.05) is 97.6 Å². The SMILES string of the molecule is CCOc1cc([C@H]2C3=CC[C@@H]4C(=O)N(C5CCCCC5)C(=O)[C@@H]4[C@@H]3C[C@H]3C(=O)C(c4ccccc4)=CC(=O)[C@@]23c2ccccc2)ccc1O. The molecule has 0 bridgehead atoms. The van der Waals surface area contributed by atoms with E-state index < -0.39 is 35.0 Å². The van der Waals surface area contributed by atoms with Crippen molar-refractivity contribution in [3.8, 4) is 11.5 Å². The number of Topliss-reactive ketones (excluding diaryl/α,β-unsaturated/α-hetero) is 1. The number of allylic oxidation sites excluding steroid dienone is 4. The van der Waals surface area contributed by atoms with Crippen LogP contribution >= 0.6 is 0 Å². The topological polar surface area (TPSA) is 101 Å². The van der Waals surface area contributed by atoms with Gasteiger partial charge in [0.1, 0.15) is 0 Å². The highest BCUT2D eigenvalue weighted by Gasteiger charge is 2.66. The second-order valence-electron chi connectivity index (χ2n) is 14.3. The summed E-state index contributed by atoms with van der Waals surface area (Å²) in [5.74, 6) is -3.17. The van der Waals surface area contributed by atoms with Crippen LogP contribution in [0.15, 0.2) is 96.6 Å².